The third-order valence-electron chi connectivity index (χ3n) is 5.49. The van der Waals surface area contributed by atoms with Gasteiger partial charge in [-0.15, -0.1) is 0 Å². The molecule has 1 aliphatic rings. The Labute approximate surface area is 187 Å². The number of methoxy groups -OCH3 is 1. The Kier molecular flexibility index (Phi) is 7.77. The number of carbonyl (C=O) groups excluding carboxylic acids is 2. The molecule has 0 bridgehead atoms. The molecule has 1 N–H and O–H groups in total. The van der Waals surface area contributed by atoms with Crippen LogP contribution in [-0.4, -0.2) is 68.1 Å². The van der Waals surface area contributed by atoms with Crippen molar-refractivity contribution in [3.05, 3.63) is 69.3 Å². The zero-order chi connectivity index (χ0) is 23.1. The number of piperazine rings is 1. The summed E-state index contributed by atoms with van der Waals surface area (Å²) in [5.74, 6) is -1.18. The SMILES string of the molecule is COC(=O)c1cc(C(=O)NCCCN2CCN(c3cccc(C)c3)CC2)cc([N+](=O)[O-])c1. The fraction of sp³-hybridized carbons (Fsp3) is 0.391. The quantitative estimate of drug-likeness (QED) is 0.291. The largest absolute Gasteiger partial charge is 0.465 e. The number of aryl methyl sites for hydroxylation is 1. The molecule has 0 atom stereocenters. The highest BCUT2D eigenvalue weighted by Crippen LogP contribution is 2.19. The molecule has 0 aliphatic carbocycles. The monoisotopic (exact) mass is 440 g/mol. The topological polar surface area (TPSA) is 105 Å². The number of esters is 1. The van der Waals surface area contributed by atoms with Crippen molar-refractivity contribution in [2.45, 2.75) is 13.3 Å². The van der Waals surface area contributed by atoms with E-state index in [-0.39, 0.29) is 16.8 Å². The molecule has 0 aromatic heterocycles. The first-order chi connectivity index (χ1) is 15.4. The molecule has 1 heterocycles. The first-order valence-electron chi connectivity index (χ1n) is 10.6. The summed E-state index contributed by atoms with van der Waals surface area (Å²) in [5.41, 5.74) is 2.21. The minimum Gasteiger partial charge on any atom is -0.465 e. The molecule has 9 heteroatoms. The fourth-order valence-electron chi connectivity index (χ4n) is 3.74. The van der Waals surface area contributed by atoms with Crippen LogP contribution in [-0.2, 0) is 4.74 Å². The number of hydrogen-bond acceptors (Lipinski definition) is 7. The van der Waals surface area contributed by atoms with E-state index in [0.29, 0.717) is 6.54 Å². The third-order valence-corrected chi connectivity index (χ3v) is 5.49. The summed E-state index contributed by atoms with van der Waals surface area (Å²) in [6.07, 6.45) is 0.759. The van der Waals surface area contributed by atoms with Crippen LogP contribution in [0.25, 0.3) is 0 Å². The molecular weight excluding hydrogens is 412 g/mol. The number of non-ortho nitro benzene ring substituents is 1. The summed E-state index contributed by atoms with van der Waals surface area (Å²) in [5, 5.41) is 13.9. The molecule has 1 amide bonds. The van der Waals surface area contributed by atoms with Gasteiger partial charge in [0.1, 0.15) is 0 Å². The van der Waals surface area contributed by atoms with Crippen molar-refractivity contribution in [3.63, 3.8) is 0 Å². The first kappa shape index (κ1) is 23.2. The van der Waals surface area contributed by atoms with Crippen LogP contribution in [0.5, 0.6) is 0 Å². The molecule has 170 valence electrons. The lowest BCUT2D eigenvalue weighted by Gasteiger charge is -2.36. The van der Waals surface area contributed by atoms with Crippen LogP contribution in [0.15, 0.2) is 42.5 Å². The van der Waals surface area contributed by atoms with Crippen molar-refractivity contribution in [1.29, 1.82) is 0 Å². The van der Waals surface area contributed by atoms with Gasteiger partial charge in [0.05, 0.1) is 17.6 Å². The standard InChI is InChI=1S/C23H28N4O5/c1-17-5-3-6-20(13-17)26-11-9-25(10-12-26)8-4-7-24-22(28)18-14-19(23(29)32-2)16-21(15-18)27(30)31/h3,5-6,13-16H,4,7-12H2,1-2H3,(H,24,28). The van der Waals surface area contributed by atoms with Crippen LogP contribution < -0.4 is 10.2 Å². The normalized spacial score (nSPS) is 14.1. The van der Waals surface area contributed by atoms with Gasteiger partial charge in [0.2, 0.25) is 0 Å². The third kappa shape index (κ3) is 6.04. The lowest BCUT2D eigenvalue weighted by atomic mass is 10.1. The van der Waals surface area contributed by atoms with Crippen LogP contribution in [0.2, 0.25) is 0 Å². The average Bonchev–Trinajstić information content (AvgIpc) is 2.81. The van der Waals surface area contributed by atoms with Crippen molar-refractivity contribution in [2.24, 2.45) is 0 Å². The van der Waals surface area contributed by atoms with E-state index >= 15 is 0 Å². The van der Waals surface area contributed by atoms with Crippen molar-refractivity contribution in [1.82, 2.24) is 10.2 Å². The Morgan fingerprint density at radius 1 is 1.09 bits per heavy atom. The van der Waals surface area contributed by atoms with Gasteiger partial charge in [0, 0.05) is 56.1 Å². The van der Waals surface area contributed by atoms with Gasteiger partial charge < -0.3 is 15.0 Å². The number of benzene rings is 2. The molecule has 0 unspecified atom stereocenters. The highest BCUT2D eigenvalue weighted by atomic mass is 16.6. The number of anilines is 1. The summed E-state index contributed by atoms with van der Waals surface area (Å²) >= 11 is 0. The van der Waals surface area contributed by atoms with Crippen molar-refractivity contribution >= 4 is 23.3 Å². The average molecular weight is 441 g/mol. The van der Waals surface area contributed by atoms with E-state index in [2.05, 4.69) is 51.0 Å². The zero-order valence-corrected chi connectivity index (χ0v) is 18.4. The maximum Gasteiger partial charge on any atom is 0.338 e. The highest BCUT2D eigenvalue weighted by Gasteiger charge is 2.19. The summed E-state index contributed by atoms with van der Waals surface area (Å²) in [7, 11) is 1.18. The molecule has 1 aliphatic heterocycles. The maximum atomic E-state index is 12.5. The van der Waals surface area contributed by atoms with Crippen LogP contribution >= 0.6 is 0 Å². The highest BCUT2D eigenvalue weighted by molar-refractivity contribution is 5.98. The maximum absolute atomic E-state index is 12.5. The molecule has 2 aromatic carbocycles. The number of nitrogens with zero attached hydrogens (tertiary/aromatic N) is 3. The Balaban J connectivity index is 1.46. The number of ether oxygens (including phenoxy) is 1. The number of amides is 1. The van der Waals surface area contributed by atoms with Crippen molar-refractivity contribution < 1.29 is 19.2 Å². The Morgan fingerprint density at radius 2 is 1.81 bits per heavy atom. The second-order valence-corrected chi connectivity index (χ2v) is 7.79. The molecule has 32 heavy (non-hydrogen) atoms. The number of nitro groups is 1. The Hall–Kier alpha value is -3.46. The smallest absolute Gasteiger partial charge is 0.338 e. The van der Waals surface area contributed by atoms with Gasteiger partial charge in [-0.2, -0.15) is 0 Å². The van der Waals surface area contributed by atoms with Crippen LogP contribution in [0.3, 0.4) is 0 Å². The van der Waals surface area contributed by atoms with Gasteiger partial charge in [-0.1, -0.05) is 12.1 Å². The van der Waals surface area contributed by atoms with Crippen molar-refractivity contribution in [2.75, 3.05) is 51.3 Å². The van der Waals surface area contributed by atoms with Crippen molar-refractivity contribution in [3.8, 4) is 0 Å². The fourth-order valence-corrected chi connectivity index (χ4v) is 3.74. The van der Waals surface area contributed by atoms with E-state index in [1.165, 1.54) is 24.4 Å². The molecule has 3 rings (SSSR count). The Bertz CT molecular complexity index is 986. The zero-order valence-electron chi connectivity index (χ0n) is 18.4. The molecule has 0 spiro atoms. The van der Waals surface area contributed by atoms with Crippen LogP contribution in [0.4, 0.5) is 11.4 Å². The molecule has 2 aromatic rings. The summed E-state index contributed by atoms with van der Waals surface area (Å²) in [4.78, 5) is 39.4. The van der Waals surface area contributed by atoms with Gasteiger partial charge >= 0.3 is 5.97 Å². The van der Waals surface area contributed by atoms with E-state index in [0.717, 1.165) is 51.3 Å². The van der Waals surface area contributed by atoms with E-state index in [1.807, 2.05) is 0 Å². The van der Waals surface area contributed by atoms with Gasteiger partial charge in [0.25, 0.3) is 11.6 Å². The number of carbonyl (C=O) groups is 2. The van der Waals surface area contributed by atoms with E-state index in [1.54, 1.807) is 0 Å². The predicted molar refractivity (Wildman–Crippen MR) is 121 cm³/mol. The van der Waals surface area contributed by atoms with Crippen LogP contribution in [0, 0.1) is 17.0 Å². The molecule has 1 saturated heterocycles. The first-order valence-corrected chi connectivity index (χ1v) is 10.6. The molecule has 0 saturated carbocycles. The molecule has 0 radical (unpaired) electrons. The van der Waals surface area contributed by atoms with Gasteiger partial charge in [-0.25, -0.2) is 4.79 Å². The van der Waals surface area contributed by atoms with Gasteiger partial charge in [0.15, 0.2) is 0 Å². The molecule has 1 fully saturated rings. The van der Waals surface area contributed by atoms with Gasteiger partial charge in [-0.3, -0.25) is 19.8 Å². The van der Waals surface area contributed by atoms with Gasteiger partial charge in [-0.05, 0) is 43.7 Å². The van der Waals surface area contributed by atoms with E-state index < -0.39 is 16.8 Å². The second-order valence-electron chi connectivity index (χ2n) is 7.79. The Morgan fingerprint density at radius 3 is 2.47 bits per heavy atom. The van der Waals surface area contributed by atoms with E-state index in [4.69, 9.17) is 0 Å². The minimum absolute atomic E-state index is 0.0293. The predicted octanol–water partition coefficient (Wildman–Crippen LogP) is 2.63. The molecule has 9 nitrogen and oxygen atoms in total. The summed E-state index contributed by atoms with van der Waals surface area (Å²) in [6.45, 7) is 7.21. The number of nitro benzene ring substituents is 1. The van der Waals surface area contributed by atoms with Crippen LogP contribution in [0.1, 0.15) is 32.7 Å². The summed E-state index contributed by atoms with van der Waals surface area (Å²) < 4.78 is 4.61. The second kappa shape index (κ2) is 10.7. The number of nitrogens with one attached hydrogen (secondary N) is 1. The van der Waals surface area contributed by atoms with E-state index in [9.17, 15) is 19.7 Å². The lowest BCUT2D eigenvalue weighted by Crippen LogP contribution is -2.47. The number of hydrogen-bond donors (Lipinski definition) is 1. The lowest BCUT2D eigenvalue weighted by molar-refractivity contribution is -0.384. The summed E-state index contributed by atoms with van der Waals surface area (Å²) in [6, 6.07) is 12.1. The number of rotatable bonds is 8. The molecular formula is C23H28N4O5. The minimum atomic E-state index is -0.729.